The molecular formula is C21H21ClFN3O3. The molecule has 1 aliphatic carbocycles. The van der Waals surface area contributed by atoms with Crippen LogP contribution in [-0.2, 0) is 4.74 Å². The van der Waals surface area contributed by atoms with Crippen molar-refractivity contribution in [3.63, 3.8) is 0 Å². The third kappa shape index (κ3) is 3.83. The first-order valence-corrected chi connectivity index (χ1v) is 9.53. The molecule has 0 radical (unpaired) electrons. The van der Waals surface area contributed by atoms with Crippen LogP contribution in [0.5, 0.6) is 11.5 Å². The van der Waals surface area contributed by atoms with Gasteiger partial charge in [0.25, 0.3) is 0 Å². The number of H-pyrrole nitrogens is 2. The molecule has 6 nitrogen and oxygen atoms in total. The van der Waals surface area contributed by atoms with Crippen molar-refractivity contribution in [1.82, 2.24) is 10.2 Å². The number of benzene rings is 2. The van der Waals surface area contributed by atoms with Crippen LogP contribution in [0.25, 0.3) is 22.0 Å². The highest BCUT2D eigenvalue weighted by molar-refractivity contribution is 6.31. The summed E-state index contributed by atoms with van der Waals surface area (Å²) in [5, 5.41) is 11.6. The maximum Gasteiger partial charge on any atom is 0.161 e. The van der Waals surface area contributed by atoms with Crippen LogP contribution in [0, 0.1) is 5.82 Å². The van der Waals surface area contributed by atoms with Gasteiger partial charge in [0.15, 0.2) is 11.5 Å². The van der Waals surface area contributed by atoms with Gasteiger partial charge in [0.05, 0.1) is 24.4 Å². The van der Waals surface area contributed by atoms with Gasteiger partial charge in [-0.2, -0.15) is 0 Å². The molecule has 2 aliphatic rings. The molecule has 4 rings (SSSR count). The predicted octanol–water partition coefficient (Wildman–Crippen LogP) is 5.56. The summed E-state index contributed by atoms with van der Waals surface area (Å²) in [6.07, 6.45) is 0.794. The summed E-state index contributed by atoms with van der Waals surface area (Å²) in [7, 11) is 3.29. The lowest BCUT2D eigenvalue weighted by atomic mass is 10.2. The predicted molar refractivity (Wildman–Crippen MR) is 113 cm³/mol. The Hall–Kier alpha value is -2.90. The number of methoxy groups -OCH3 is 2. The number of aromatic nitrogens is 2. The maximum atomic E-state index is 13.4. The van der Waals surface area contributed by atoms with Crippen LogP contribution >= 0.6 is 11.6 Å². The Morgan fingerprint density at radius 3 is 2.66 bits per heavy atom. The van der Waals surface area contributed by atoms with E-state index in [1.54, 1.807) is 26.4 Å². The summed E-state index contributed by atoms with van der Waals surface area (Å²) in [6.45, 7) is 1.18. The number of aromatic amines is 2. The number of rotatable bonds is 8. The summed E-state index contributed by atoms with van der Waals surface area (Å²) < 4.78 is 29.8. The van der Waals surface area contributed by atoms with Gasteiger partial charge in [-0.25, -0.2) is 4.39 Å². The van der Waals surface area contributed by atoms with Gasteiger partial charge < -0.3 is 19.5 Å². The van der Waals surface area contributed by atoms with Crippen molar-refractivity contribution < 1.29 is 18.6 Å². The first kappa shape index (κ1) is 19.4. The Kier molecular flexibility index (Phi) is 5.51. The molecule has 8 heteroatoms. The van der Waals surface area contributed by atoms with Crippen molar-refractivity contribution in [3.8, 4) is 22.8 Å². The second-order valence-electron chi connectivity index (χ2n) is 6.60. The van der Waals surface area contributed by atoms with E-state index in [4.69, 9.17) is 25.8 Å². The third-order valence-electron chi connectivity index (χ3n) is 4.70. The summed E-state index contributed by atoms with van der Waals surface area (Å²) in [6, 6.07) is 10.5. The van der Waals surface area contributed by atoms with Crippen LogP contribution < -0.4 is 14.8 Å². The molecule has 0 unspecified atom stereocenters. The second kappa shape index (κ2) is 8.23. The first-order valence-electron chi connectivity index (χ1n) is 9.15. The van der Waals surface area contributed by atoms with Gasteiger partial charge >= 0.3 is 0 Å². The Labute approximate surface area is 172 Å². The summed E-state index contributed by atoms with van der Waals surface area (Å²) in [5.74, 6) is 1.65. The highest BCUT2D eigenvalue weighted by Gasteiger charge is 2.20. The smallest absolute Gasteiger partial charge is 0.161 e. The van der Waals surface area contributed by atoms with Gasteiger partial charge in [-0.05, 0) is 41.8 Å². The summed E-state index contributed by atoms with van der Waals surface area (Å²) in [5.41, 5.74) is 2.57. The fourth-order valence-electron chi connectivity index (χ4n) is 3.28. The number of hydrogen-bond acceptors (Lipinski definition) is 4. The standard InChI is InChI=1S/C21H21ClFN3O3/c1-27-6-3-7-29-19-9-12-8-15-20(14(12)11-18(19)28-2)25-26-21(15)24-13-4-5-17(23)16(22)10-13/h4-5,8-11,24-26H,3,6-7H2,1-2H3. The molecule has 152 valence electrons. The third-order valence-corrected chi connectivity index (χ3v) is 4.99. The van der Waals surface area contributed by atoms with Gasteiger partial charge in [-0.15, -0.1) is 0 Å². The van der Waals surface area contributed by atoms with E-state index in [9.17, 15) is 4.39 Å². The van der Waals surface area contributed by atoms with E-state index < -0.39 is 5.82 Å². The van der Waals surface area contributed by atoms with E-state index in [-0.39, 0.29) is 5.02 Å². The van der Waals surface area contributed by atoms with Gasteiger partial charge in [0.2, 0.25) is 0 Å². The van der Waals surface area contributed by atoms with E-state index in [0.29, 0.717) is 30.4 Å². The van der Waals surface area contributed by atoms with Crippen LogP contribution in [-0.4, -0.2) is 37.6 Å². The van der Waals surface area contributed by atoms with Crippen molar-refractivity contribution in [2.45, 2.75) is 6.42 Å². The normalized spacial score (nSPS) is 11.3. The first-order chi connectivity index (χ1) is 14.1. The summed E-state index contributed by atoms with van der Waals surface area (Å²) in [4.78, 5) is 0. The molecule has 0 atom stereocenters. The fraction of sp³-hybridized carbons (Fsp3) is 0.238. The second-order valence-corrected chi connectivity index (χ2v) is 7.00. The number of halogens is 2. The molecule has 0 saturated carbocycles. The molecule has 0 fully saturated rings. The van der Waals surface area contributed by atoms with E-state index in [0.717, 1.165) is 34.3 Å². The molecule has 3 N–H and O–H groups in total. The van der Waals surface area contributed by atoms with E-state index in [1.807, 2.05) is 18.2 Å². The van der Waals surface area contributed by atoms with E-state index in [2.05, 4.69) is 15.5 Å². The molecule has 0 saturated heterocycles. The average molecular weight is 418 g/mol. The minimum Gasteiger partial charge on any atom is -0.493 e. The molecule has 2 aromatic carbocycles. The molecule has 0 bridgehead atoms. The van der Waals surface area contributed by atoms with Gasteiger partial charge in [0, 0.05) is 36.8 Å². The molecule has 0 spiro atoms. The van der Waals surface area contributed by atoms with Crippen LogP contribution in [0.15, 0.2) is 36.4 Å². The van der Waals surface area contributed by atoms with Crippen LogP contribution in [0.1, 0.15) is 6.42 Å². The maximum absolute atomic E-state index is 13.4. The summed E-state index contributed by atoms with van der Waals surface area (Å²) >= 11 is 5.88. The number of anilines is 2. The Morgan fingerprint density at radius 1 is 1.03 bits per heavy atom. The zero-order chi connectivity index (χ0) is 20.4. The van der Waals surface area contributed by atoms with Gasteiger partial charge in [0.1, 0.15) is 11.6 Å². The monoisotopic (exact) mass is 417 g/mol. The average Bonchev–Trinajstić information content (AvgIpc) is 3.26. The Bertz CT molecular complexity index is 1110. The zero-order valence-electron chi connectivity index (χ0n) is 16.1. The molecule has 0 amide bonds. The molecule has 1 heterocycles. The lowest BCUT2D eigenvalue weighted by molar-refractivity contribution is 0.170. The van der Waals surface area contributed by atoms with Crippen molar-refractivity contribution in [2.75, 3.05) is 32.8 Å². The topological polar surface area (TPSA) is 71.3 Å². The number of hydrogen-bond donors (Lipinski definition) is 3. The SMILES string of the molecule is COCCCOc1cc2cc3c(Nc4ccc(F)c(Cl)c4)[nH][nH]c-3c2cc1OC. The zero-order valence-corrected chi connectivity index (χ0v) is 16.8. The van der Waals surface area contributed by atoms with Crippen LogP contribution in [0.2, 0.25) is 5.02 Å². The molecular weight excluding hydrogens is 397 g/mol. The van der Waals surface area contributed by atoms with Crippen LogP contribution in [0.3, 0.4) is 0 Å². The molecule has 29 heavy (non-hydrogen) atoms. The highest BCUT2D eigenvalue weighted by Crippen LogP contribution is 2.43. The Morgan fingerprint density at radius 2 is 1.90 bits per heavy atom. The van der Waals surface area contributed by atoms with Crippen LogP contribution in [0.4, 0.5) is 15.9 Å². The van der Waals surface area contributed by atoms with Crippen molar-refractivity contribution in [3.05, 3.63) is 47.2 Å². The molecule has 1 aliphatic heterocycles. The molecule has 2 aromatic rings. The lowest BCUT2D eigenvalue weighted by Crippen LogP contribution is -2.02. The minimum absolute atomic E-state index is 0.0643. The quantitative estimate of drug-likeness (QED) is 0.328. The van der Waals surface area contributed by atoms with Gasteiger partial charge in [-0.3, -0.25) is 10.2 Å². The minimum atomic E-state index is -0.454. The van der Waals surface area contributed by atoms with Crippen molar-refractivity contribution in [2.24, 2.45) is 0 Å². The number of ether oxygens (including phenoxy) is 3. The van der Waals surface area contributed by atoms with Crippen molar-refractivity contribution in [1.29, 1.82) is 0 Å². The van der Waals surface area contributed by atoms with Crippen molar-refractivity contribution >= 4 is 33.9 Å². The number of fused-ring (bicyclic) bond motifs is 3. The highest BCUT2D eigenvalue weighted by atomic mass is 35.5. The van der Waals surface area contributed by atoms with E-state index in [1.165, 1.54) is 6.07 Å². The Balaban J connectivity index is 1.65. The van der Waals surface area contributed by atoms with Gasteiger partial charge in [-0.1, -0.05) is 11.6 Å². The lowest BCUT2D eigenvalue weighted by Gasteiger charge is -2.11. The largest absolute Gasteiger partial charge is 0.493 e. The molecule has 0 aromatic heterocycles. The van der Waals surface area contributed by atoms with E-state index >= 15 is 0 Å². The number of nitrogens with one attached hydrogen (secondary N) is 3. The fourth-order valence-corrected chi connectivity index (χ4v) is 3.46.